The number of benzene rings is 1. The number of nitrogens with one attached hydrogen (secondary N) is 1. The van der Waals surface area contributed by atoms with Crippen LogP contribution in [0.1, 0.15) is 5.69 Å². The Balaban J connectivity index is 2.34. The van der Waals surface area contributed by atoms with E-state index in [2.05, 4.69) is 5.32 Å². The number of hydrogen-bond donors (Lipinski definition) is 2. The predicted molar refractivity (Wildman–Crippen MR) is 80.8 cm³/mol. The van der Waals surface area contributed by atoms with E-state index in [0.29, 0.717) is 0 Å². The molecule has 12 heteroatoms. The molecule has 0 atom stereocenters. The highest BCUT2D eigenvalue weighted by atomic mass is 19.4. The summed E-state index contributed by atoms with van der Waals surface area (Å²) in [7, 11) is 0.776. The minimum Gasteiger partial charge on any atom is -0.481 e. The number of carbonyl (C=O) groups excluding carboxylic acids is 1. The van der Waals surface area contributed by atoms with Gasteiger partial charge in [-0.1, -0.05) is 0 Å². The Hall–Kier alpha value is -3.31. The molecule has 8 nitrogen and oxygen atoms in total. The van der Waals surface area contributed by atoms with Gasteiger partial charge in [0.15, 0.2) is 12.4 Å². The van der Waals surface area contributed by atoms with Gasteiger partial charge in [-0.15, -0.1) is 0 Å². The second-order valence-corrected chi connectivity index (χ2v) is 5.37. The fourth-order valence-corrected chi connectivity index (χ4v) is 2.53. The lowest BCUT2D eigenvalue weighted by atomic mass is 10.1. The molecule has 1 amide bonds. The van der Waals surface area contributed by atoms with Gasteiger partial charge in [-0.3, -0.25) is 14.2 Å². The maximum absolute atomic E-state index is 14.4. The molecule has 138 valence electrons. The Labute approximate surface area is 141 Å². The van der Waals surface area contributed by atoms with Crippen molar-refractivity contribution in [1.29, 1.82) is 0 Å². The predicted octanol–water partition coefficient (Wildman–Crippen LogP) is 0.607. The minimum atomic E-state index is -4.96. The number of rotatable bonds is 1. The summed E-state index contributed by atoms with van der Waals surface area (Å²) in [6.45, 7) is -0.396. The molecule has 2 heterocycles. The number of alkyl halides is 3. The Morgan fingerprint density at radius 3 is 2.50 bits per heavy atom. The number of halogens is 4. The topological polar surface area (TPSA) is 108 Å². The zero-order valence-corrected chi connectivity index (χ0v) is 13.0. The number of fused-ring (bicyclic) bond motifs is 1. The number of amides is 1. The Kier molecular flexibility index (Phi) is 3.78. The van der Waals surface area contributed by atoms with Gasteiger partial charge in [0.25, 0.3) is 11.5 Å². The van der Waals surface area contributed by atoms with E-state index in [9.17, 15) is 31.9 Å². The molecule has 0 aliphatic carbocycles. The number of nitrogens with two attached hydrogens (primary N) is 1. The van der Waals surface area contributed by atoms with E-state index in [0.717, 1.165) is 13.1 Å². The summed E-state index contributed by atoms with van der Waals surface area (Å²) in [6, 6.07) is 0.916. The molecule has 0 bridgehead atoms. The van der Waals surface area contributed by atoms with Gasteiger partial charge in [0.05, 0.1) is 5.69 Å². The number of anilines is 2. The largest absolute Gasteiger partial charge is 0.481 e. The van der Waals surface area contributed by atoms with E-state index < -0.39 is 52.8 Å². The number of aromatic nitrogens is 2. The first-order valence-electron chi connectivity index (χ1n) is 6.97. The molecule has 0 fully saturated rings. The monoisotopic (exact) mass is 374 g/mol. The van der Waals surface area contributed by atoms with Crippen LogP contribution in [0.15, 0.2) is 21.7 Å². The molecule has 2 aromatic rings. The second-order valence-electron chi connectivity index (χ2n) is 5.37. The molecule has 1 aliphatic heterocycles. The summed E-state index contributed by atoms with van der Waals surface area (Å²) in [6.07, 6.45) is -4.96. The number of ether oxygens (including phenoxy) is 1. The molecule has 26 heavy (non-hydrogen) atoms. The van der Waals surface area contributed by atoms with E-state index >= 15 is 0 Å². The van der Waals surface area contributed by atoms with Crippen LogP contribution in [0.25, 0.3) is 5.69 Å². The van der Waals surface area contributed by atoms with Gasteiger partial charge in [-0.2, -0.15) is 13.2 Å². The van der Waals surface area contributed by atoms with Gasteiger partial charge in [-0.25, -0.2) is 13.8 Å². The highest BCUT2D eigenvalue weighted by Gasteiger charge is 2.35. The van der Waals surface area contributed by atoms with E-state index in [1.165, 1.54) is 0 Å². The zero-order valence-electron chi connectivity index (χ0n) is 13.0. The zero-order chi connectivity index (χ0) is 19.4. The first-order valence-corrected chi connectivity index (χ1v) is 6.97. The van der Waals surface area contributed by atoms with Crippen LogP contribution in [0.5, 0.6) is 5.75 Å². The minimum absolute atomic E-state index is 0.139. The molecule has 0 saturated heterocycles. The molecule has 0 spiro atoms. The summed E-state index contributed by atoms with van der Waals surface area (Å²) in [5.41, 5.74) is -0.159. The summed E-state index contributed by atoms with van der Waals surface area (Å²) in [4.78, 5) is 35.8. The average molecular weight is 374 g/mol. The quantitative estimate of drug-likeness (QED) is 0.562. The van der Waals surface area contributed by atoms with Crippen molar-refractivity contribution < 1.29 is 27.1 Å². The molecule has 1 aliphatic rings. The van der Waals surface area contributed by atoms with Gasteiger partial charge in [-0.05, 0) is 0 Å². The van der Waals surface area contributed by atoms with Crippen LogP contribution in [0.2, 0.25) is 0 Å². The fraction of sp³-hybridized carbons (Fsp3) is 0.214. The lowest BCUT2D eigenvalue weighted by Crippen LogP contribution is -2.41. The molecule has 0 saturated carbocycles. The van der Waals surface area contributed by atoms with E-state index in [1.54, 1.807) is 0 Å². The van der Waals surface area contributed by atoms with E-state index in [-0.39, 0.29) is 26.6 Å². The van der Waals surface area contributed by atoms with Gasteiger partial charge in [0.1, 0.15) is 22.8 Å². The Morgan fingerprint density at radius 2 is 1.88 bits per heavy atom. The van der Waals surface area contributed by atoms with Crippen LogP contribution in [-0.2, 0) is 18.0 Å². The highest BCUT2D eigenvalue weighted by molar-refractivity contribution is 6.00. The molecule has 0 unspecified atom stereocenters. The van der Waals surface area contributed by atoms with Crippen LogP contribution in [-0.4, -0.2) is 21.6 Å². The molecule has 1 aromatic heterocycles. The van der Waals surface area contributed by atoms with Crippen molar-refractivity contribution in [3.8, 4) is 11.4 Å². The lowest BCUT2D eigenvalue weighted by molar-refractivity contribution is -0.144. The van der Waals surface area contributed by atoms with Crippen molar-refractivity contribution in [3.63, 3.8) is 0 Å². The van der Waals surface area contributed by atoms with Gasteiger partial charge in [0, 0.05) is 19.2 Å². The number of nitrogens with zero attached hydrogens (tertiary/aromatic N) is 2. The van der Waals surface area contributed by atoms with E-state index in [4.69, 9.17) is 10.5 Å². The lowest BCUT2D eigenvalue weighted by Gasteiger charge is -2.22. The van der Waals surface area contributed by atoms with Gasteiger partial charge in [0.2, 0.25) is 0 Å². The third-order valence-electron chi connectivity index (χ3n) is 3.71. The highest BCUT2D eigenvalue weighted by Crippen LogP contribution is 2.38. The van der Waals surface area contributed by atoms with Crippen LogP contribution in [0.3, 0.4) is 0 Å². The Morgan fingerprint density at radius 1 is 1.23 bits per heavy atom. The molecular formula is C14H10F4N4O4. The second kappa shape index (κ2) is 5.61. The molecule has 0 radical (unpaired) electrons. The normalized spacial score (nSPS) is 13.8. The Bertz CT molecular complexity index is 1050. The molecule has 1 aromatic carbocycles. The molecular weight excluding hydrogens is 364 g/mol. The fourth-order valence-electron chi connectivity index (χ4n) is 2.53. The van der Waals surface area contributed by atoms with Crippen LogP contribution >= 0.6 is 0 Å². The maximum Gasteiger partial charge on any atom is 0.431 e. The smallest absolute Gasteiger partial charge is 0.431 e. The standard InChI is InChI=1S/C14H10F4N4O4/c1-21-7(14(16,17)18)3-9(24)22(13(21)25)12-5(15)2-6-11(10(12)19)20-8(23)4-26-6/h2-3H,4,19H2,1H3,(H,20,23). The van der Waals surface area contributed by atoms with Crippen molar-refractivity contribution in [3.05, 3.63) is 44.5 Å². The van der Waals surface area contributed by atoms with Crippen molar-refractivity contribution in [2.45, 2.75) is 6.18 Å². The van der Waals surface area contributed by atoms with Crippen molar-refractivity contribution in [2.24, 2.45) is 7.05 Å². The summed E-state index contributed by atoms with van der Waals surface area (Å²) in [5, 5.41) is 2.29. The van der Waals surface area contributed by atoms with Crippen LogP contribution in [0, 0.1) is 5.82 Å². The van der Waals surface area contributed by atoms with Gasteiger partial charge < -0.3 is 15.8 Å². The third-order valence-corrected chi connectivity index (χ3v) is 3.71. The van der Waals surface area contributed by atoms with E-state index in [1.807, 2.05) is 0 Å². The maximum atomic E-state index is 14.4. The SMILES string of the molecule is Cn1c(C(F)(F)F)cc(=O)n(-c2c(F)cc3c(c2N)NC(=O)CO3)c1=O. The van der Waals surface area contributed by atoms with Gasteiger partial charge >= 0.3 is 11.9 Å². The summed E-state index contributed by atoms with van der Waals surface area (Å²) >= 11 is 0. The molecule has 3 rings (SSSR count). The van der Waals surface area contributed by atoms with Crippen molar-refractivity contribution in [1.82, 2.24) is 9.13 Å². The summed E-state index contributed by atoms with van der Waals surface area (Å²) in [5.74, 6) is -1.94. The third kappa shape index (κ3) is 2.59. The van der Waals surface area contributed by atoms with Crippen LogP contribution < -0.4 is 27.0 Å². The average Bonchev–Trinajstić information content (AvgIpc) is 2.53. The number of carbonyl (C=O) groups is 1. The first kappa shape index (κ1) is 17.5. The number of hydrogen-bond acceptors (Lipinski definition) is 5. The van der Waals surface area contributed by atoms with Crippen molar-refractivity contribution in [2.75, 3.05) is 17.7 Å². The molecule has 3 N–H and O–H groups in total. The van der Waals surface area contributed by atoms with Crippen molar-refractivity contribution >= 4 is 17.3 Å². The number of nitrogen functional groups attached to an aromatic ring is 1. The summed E-state index contributed by atoms with van der Waals surface area (Å²) < 4.78 is 58.4. The first-order chi connectivity index (χ1) is 12.0. The van der Waals surface area contributed by atoms with Crippen LogP contribution in [0.4, 0.5) is 28.9 Å².